The molecule has 0 aliphatic heterocycles. The summed E-state index contributed by atoms with van der Waals surface area (Å²) in [7, 11) is 3.53. The number of likely N-dealkylation sites (N-methyl/N-ethyl adjacent to an activating group) is 2. The molecule has 1 rings (SSSR count). The van der Waals surface area contributed by atoms with E-state index in [4.69, 9.17) is 0 Å². The van der Waals surface area contributed by atoms with Crippen molar-refractivity contribution in [3.05, 3.63) is 24.0 Å². The van der Waals surface area contributed by atoms with E-state index < -0.39 is 0 Å². The average molecular weight is 236 g/mol. The number of rotatable bonds is 6. The highest BCUT2D eigenvalue weighted by molar-refractivity contribution is 5.77. The molecule has 0 bridgehead atoms. The average Bonchev–Trinajstić information content (AvgIpc) is 2.37. The normalized spacial score (nSPS) is 10.4. The van der Waals surface area contributed by atoms with Crippen molar-refractivity contribution >= 4 is 11.6 Å². The zero-order chi connectivity index (χ0) is 12.7. The Bertz CT molecular complexity index is 367. The third kappa shape index (κ3) is 4.40. The third-order valence-corrected chi connectivity index (χ3v) is 2.58. The van der Waals surface area contributed by atoms with Gasteiger partial charge in [0.2, 0.25) is 5.91 Å². The lowest BCUT2D eigenvalue weighted by molar-refractivity contribution is -0.121. The summed E-state index contributed by atoms with van der Waals surface area (Å²) in [5, 5.41) is 5.70. The minimum absolute atomic E-state index is 0.0246. The van der Waals surface area contributed by atoms with Crippen LogP contribution in [0.25, 0.3) is 0 Å². The van der Waals surface area contributed by atoms with Crippen molar-refractivity contribution in [2.75, 3.05) is 32.5 Å². The highest BCUT2D eigenvalue weighted by Crippen LogP contribution is 2.08. The summed E-state index contributed by atoms with van der Waals surface area (Å²) in [5.74, 6) is 0.0246. The lowest BCUT2D eigenvalue weighted by atomic mass is 10.3. The monoisotopic (exact) mass is 236 g/mol. The molecule has 5 nitrogen and oxygen atoms in total. The number of amides is 1. The Balaban J connectivity index is 2.63. The Morgan fingerprint density at radius 1 is 1.47 bits per heavy atom. The molecule has 0 aliphatic rings. The van der Waals surface area contributed by atoms with Crippen molar-refractivity contribution in [3.8, 4) is 0 Å². The molecule has 1 heterocycles. The van der Waals surface area contributed by atoms with Crippen molar-refractivity contribution in [2.24, 2.45) is 0 Å². The van der Waals surface area contributed by atoms with Crippen molar-refractivity contribution in [1.29, 1.82) is 0 Å². The number of nitrogens with zero attached hydrogens (tertiary/aromatic N) is 2. The molecule has 1 aromatic rings. The van der Waals surface area contributed by atoms with E-state index in [9.17, 15) is 4.79 Å². The van der Waals surface area contributed by atoms with Crippen LogP contribution in [-0.2, 0) is 11.3 Å². The van der Waals surface area contributed by atoms with E-state index in [0.717, 1.165) is 17.9 Å². The largest absolute Gasteiger partial charge is 0.388 e. The maximum Gasteiger partial charge on any atom is 0.233 e. The van der Waals surface area contributed by atoms with Crippen molar-refractivity contribution < 1.29 is 4.79 Å². The van der Waals surface area contributed by atoms with Gasteiger partial charge in [0.25, 0.3) is 0 Å². The number of carbonyl (C=O) groups is 1. The van der Waals surface area contributed by atoms with Gasteiger partial charge in [0.05, 0.1) is 12.2 Å². The van der Waals surface area contributed by atoms with Gasteiger partial charge in [0.15, 0.2) is 0 Å². The smallest absolute Gasteiger partial charge is 0.233 e. The van der Waals surface area contributed by atoms with Gasteiger partial charge < -0.3 is 10.6 Å². The first-order chi connectivity index (χ1) is 8.19. The maximum absolute atomic E-state index is 11.3. The Labute approximate surface area is 102 Å². The van der Waals surface area contributed by atoms with E-state index in [0.29, 0.717) is 13.1 Å². The number of aromatic nitrogens is 1. The zero-order valence-electron chi connectivity index (χ0n) is 10.7. The molecule has 1 amide bonds. The van der Waals surface area contributed by atoms with Crippen molar-refractivity contribution in [3.63, 3.8) is 0 Å². The highest BCUT2D eigenvalue weighted by Gasteiger charge is 2.09. The van der Waals surface area contributed by atoms with Gasteiger partial charge in [0.1, 0.15) is 0 Å². The molecule has 0 unspecified atom stereocenters. The number of nitrogens with one attached hydrogen (secondary N) is 2. The van der Waals surface area contributed by atoms with Gasteiger partial charge in [-0.25, -0.2) is 0 Å². The second-order valence-electron chi connectivity index (χ2n) is 3.76. The van der Waals surface area contributed by atoms with Crippen LogP contribution in [0.4, 0.5) is 5.69 Å². The molecule has 94 valence electrons. The first kappa shape index (κ1) is 13.4. The van der Waals surface area contributed by atoms with E-state index in [1.54, 1.807) is 13.2 Å². The van der Waals surface area contributed by atoms with E-state index in [1.807, 2.05) is 31.0 Å². The Kier molecular flexibility index (Phi) is 5.42. The number of carbonyl (C=O) groups excluding carboxylic acids is 1. The second kappa shape index (κ2) is 6.85. The molecular formula is C12H20N4O. The fourth-order valence-corrected chi connectivity index (χ4v) is 1.51. The summed E-state index contributed by atoms with van der Waals surface area (Å²) in [6, 6.07) is 3.91. The quantitative estimate of drug-likeness (QED) is 0.763. The molecule has 0 aromatic carbocycles. The molecule has 0 saturated carbocycles. The van der Waals surface area contributed by atoms with Gasteiger partial charge in [-0.3, -0.25) is 14.7 Å². The number of pyridine rings is 1. The van der Waals surface area contributed by atoms with Gasteiger partial charge in [0, 0.05) is 32.5 Å². The Morgan fingerprint density at radius 2 is 2.24 bits per heavy atom. The SMILES string of the molecule is CCN(CC(=O)NC)Cc1cc(NC)ccn1. The van der Waals surface area contributed by atoms with Crippen LogP contribution >= 0.6 is 0 Å². The molecule has 2 N–H and O–H groups in total. The molecule has 17 heavy (non-hydrogen) atoms. The summed E-state index contributed by atoms with van der Waals surface area (Å²) >= 11 is 0. The molecule has 5 heteroatoms. The van der Waals surface area contributed by atoms with Crippen LogP contribution < -0.4 is 10.6 Å². The van der Waals surface area contributed by atoms with E-state index in [2.05, 4.69) is 15.6 Å². The van der Waals surface area contributed by atoms with Crippen LogP contribution in [-0.4, -0.2) is 43.0 Å². The number of hydrogen-bond acceptors (Lipinski definition) is 4. The minimum Gasteiger partial charge on any atom is -0.388 e. The van der Waals surface area contributed by atoms with Crippen LogP contribution in [0.1, 0.15) is 12.6 Å². The number of anilines is 1. The summed E-state index contributed by atoms with van der Waals surface area (Å²) in [6.45, 7) is 3.93. The fourth-order valence-electron chi connectivity index (χ4n) is 1.51. The van der Waals surface area contributed by atoms with Gasteiger partial charge >= 0.3 is 0 Å². The lowest BCUT2D eigenvalue weighted by Crippen LogP contribution is -2.35. The topological polar surface area (TPSA) is 57.3 Å². The summed E-state index contributed by atoms with van der Waals surface area (Å²) in [6.07, 6.45) is 1.77. The third-order valence-electron chi connectivity index (χ3n) is 2.58. The van der Waals surface area contributed by atoms with E-state index in [-0.39, 0.29) is 5.91 Å². The molecule has 0 atom stereocenters. The zero-order valence-corrected chi connectivity index (χ0v) is 10.7. The Hall–Kier alpha value is -1.62. The van der Waals surface area contributed by atoms with Gasteiger partial charge in [-0.2, -0.15) is 0 Å². The molecular weight excluding hydrogens is 216 g/mol. The van der Waals surface area contributed by atoms with Crippen LogP contribution in [0.15, 0.2) is 18.3 Å². The van der Waals surface area contributed by atoms with Crippen LogP contribution in [0, 0.1) is 0 Å². The molecule has 1 aromatic heterocycles. The second-order valence-corrected chi connectivity index (χ2v) is 3.76. The summed E-state index contributed by atoms with van der Waals surface area (Å²) in [4.78, 5) is 17.6. The van der Waals surface area contributed by atoms with Gasteiger partial charge in [-0.15, -0.1) is 0 Å². The van der Waals surface area contributed by atoms with Gasteiger partial charge in [-0.05, 0) is 18.7 Å². The van der Waals surface area contributed by atoms with Crippen LogP contribution in [0.5, 0.6) is 0 Å². The molecule has 0 radical (unpaired) electrons. The standard InChI is InChI=1S/C12H20N4O/c1-4-16(9-12(17)14-3)8-11-7-10(13-2)5-6-15-11/h5-7H,4,8-9H2,1-3H3,(H,13,15)(H,14,17). The van der Waals surface area contributed by atoms with E-state index in [1.165, 1.54) is 0 Å². The predicted octanol–water partition coefficient (Wildman–Crippen LogP) is 0.691. The fraction of sp³-hybridized carbons (Fsp3) is 0.500. The Morgan fingerprint density at radius 3 is 2.82 bits per heavy atom. The van der Waals surface area contributed by atoms with Crippen LogP contribution in [0.2, 0.25) is 0 Å². The first-order valence-corrected chi connectivity index (χ1v) is 5.75. The molecule has 0 saturated heterocycles. The molecule has 0 spiro atoms. The van der Waals surface area contributed by atoms with Crippen LogP contribution in [0.3, 0.4) is 0 Å². The molecule has 0 fully saturated rings. The van der Waals surface area contributed by atoms with Crippen molar-refractivity contribution in [1.82, 2.24) is 15.2 Å². The molecule has 0 aliphatic carbocycles. The highest BCUT2D eigenvalue weighted by atomic mass is 16.1. The van der Waals surface area contributed by atoms with Gasteiger partial charge in [-0.1, -0.05) is 6.92 Å². The predicted molar refractivity (Wildman–Crippen MR) is 68.8 cm³/mol. The minimum atomic E-state index is 0.0246. The first-order valence-electron chi connectivity index (χ1n) is 5.75. The van der Waals surface area contributed by atoms with E-state index >= 15 is 0 Å². The summed E-state index contributed by atoms with van der Waals surface area (Å²) < 4.78 is 0. The number of hydrogen-bond donors (Lipinski definition) is 2. The van der Waals surface area contributed by atoms with Crippen molar-refractivity contribution in [2.45, 2.75) is 13.5 Å². The maximum atomic E-state index is 11.3. The summed E-state index contributed by atoms with van der Waals surface area (Å²) in [5.41, 5.74) is 1.99. The lowest BCUT2D eigenvalue weighted by Gasteiger charge is -2.19.